The second-order valence-corrected chi connectivity index (χ2v) is 8.50. The second kappa shape index (κ2) is 9.21. The highest BCUT2D eigenvalue weighted by Gasteiger charge is 2.41. The molecule has 0 bridgehead atoms. The van der Waals surface area contributed by atoms with Crippen molar-refractivity contribution in [2.75, 3.05) is 13.7 Å². The third-order valence-electron chi connectivity index (χ3n) is 6.09. The monoisotopic (exact) mass is 451 g/mol. The third kappa shape index (κ3) is 4.17. The highest BCUT2D eigenvalue weighted by atomic mass is 35.5. The van der Waals surface area contributed by atoms with Gasteiger partial charge in [0.05, 0.1) is 19.3 Å². The Bertz CT molecular complexity index is 1120. The molecule has 2 aromatic carbocycles. The molecule has 5 nitrogen and oxygen atoms in total. The molecule has 1 aliphatic carbocycles. The van der Waals surface area contributed by atoms with Crippen LogP contribution in [0.3, 0.4) is 0 Å². The summed E-state index contributed by atoms with van der Waals surface area (Å²) in [7, 11) is 1.63. The van der Waals surface area contributed by atoms with Gasteiger partial charge in [-0.2, -0.15) is 0 Å². The van der Waals surface area contributed by atoms with Gasteiger partial charge < -0.3 is 14.8 Å². The first-order valence-electron chi connectivity index (χ1n) is 10.7. The first kappa shape index (κ1) is 22.2. The van der Waals surface area contributed by atoms with Gasteiger partial charge in [-0.25, -0.2) is 4.79 Å². The number of methoxy groups -OCH3 is 1. The first-order chi connectivity index (χ1) is 15.4. The summed E-state index contributed by atoms with van der Waals surface area (Å²) >= 11 is 6.27. The molecule has 6 heteroatoms. The minimum Gasteiger partial charge on any atom is -0.497 e. The fraction of sp³-hybridized carbons (Fsp3) is 0.308. The van der Waals surface area contributed by atoms with Gasteiger partial charge >= 0.3 is 5.97 Å². The number of hydrogen-bond donors (Lipinski definition) is 1. The van der Waals surface area contributed by atoms with Gasteiger partial charge in [-0.05, 0) is 61.6 Å². The molecule has 166 valence electrons. The molecule has 0 saturated heterocycles. The fourth-order valence-corrected chi connectivity index (χ4v) is 4.85. The summed E-state index contributed by atoms with van der Waals surface area (Å²) in [6.45, 7) is 3.89. The van der Waals surface area contributed by atoms with Crippen LogP contribution in [0.5, 0.6) is 5.75 Å². The lowest BCUT2D eigenvalue weighted by molar-refractivity contribution is -0.138. The first-order valence-corrected chi connectivity index (χ1v) is 11.1. The van der Waals surface area contributed by atoms with Crippen LogP contribution in [0, 0.1) is 0 Å². The topological polar surface area (TPSA) is 64.6 Å². The number of ketones is 1. The maximum atomic E-state index is 13.5. The van der Waals surface area contributed by atoms with Crippen molar-refractivity contribution in [2.24, 2.45) is 0 Å². The lowest BCUT2D eigenvalue weighted by Crippen LogP contribution is -2.36. The van der Waals surface area contributed by atoms with E-state index in [1.54, 1.807) is 20.1 Å². The SMILES string of the molecule is CCOC(=O)C1=C(C)NC2=C(C(=O)CC(c3ccc(OC)cc3)C2)C1c1cccc(Cl)c1. The summed E-state index contributed by atoms with van der Waals surface area (Å²) in [6.07, 6.45) is 1.05. The molecule has 0 aromatic heterocycles. The second-order valence-electron chi connectivity index (χ2n) is 8.07. The molecule has 2 unspecified atom stereocenters. The minimum absolute atomic E-state index is 0.0267. The summed E-state index contributed by atoms with van der Waals surface area (Å²) in [5.41, 5.74) is 4.55. The number of benzene rings is 2. The number of Topliss-reactive ketones (excluding diaryl/α,β-unsaturated/α-hetero) is 1. The van der Waals surface area contributed by atoms with Gasteiger partial charge in [-0.15, -0.1) is 0 Å². The van der Waals surface area contributed by atoms with Crippen LogP contribution in [0.2, 0.25) is 5.02 Å². The molecule has 2 aromatic rings. The lowest BCUT2D eigenvalue weighted by atomic mass is 9.72. The van der Waals surface area contributed by atoms with E-state index in [1.807, 2.05) is 49.4 Å². The molecule has 0 spiro atoms. The Kier molecular flexibility index (Phi) is 6.38. The van der Waals surface area contributed by atoms with Crippen molar-refractivity contribution in [2.45, 2.75) is 38.5 Å². The van der Waals surface area contributed by atoms with Gasteiger partial charge in [-0.3, -0.25) is 4.79 Å². The van der Waals surface area contributed by atoms with E-state index in [2.05, 4.69) is 5.32 Å². The van der Waals surface area contributed by atoms with Crippen LogP contribution >= 0.6 is 11.6 Å². The van der Waals surface area contributed by atoms with E-state index >= 15 is 0 Å². The van der Waals surface area contributed by atoms with Gasteiger partial charge in [0.25, 0.3) is 0 Å². The van der Waals surface area contributed by atoms with Gasteiger partial charge in [0, 0.05) is 34.3 Å². The van der Waals surface area contributed by atoms with E-state index in [0.29, 0.717) is 34.7 Å². The maximum Gasteiger partial charge on any atom is 0.336 e. The average Bonchev–Trinajstić information content (AvgIpc) is 2.78. The normalized spacial score (nSPS) is 20.6. The number of ether oxygens (including phenoxy) is 2. The van der Waals surface area contributed by atoms with Crippen molar-refractivity contribution in [3.05, 3.63) is 87.2 Å². The van der Waals surface area contributed by atoms with Crippen LogP contribution in [0.1, 0.15) is 49.7 Å². The standard InChI is InChI=1S/C26H26ClNO4/c1-4-32-26(30)23-15(2)28-21-13-18(16-8-10-20(31-3)11-9-16)14-22(29)25(21)24(23)17-6-5-7-19(27)12-17/h5-12,18,24,28H,4,13-14H2,1-3H3. The molecule has 0 saturated carbocycles. The zero-order chi connectivity index (χ0) is 22.8. The minimum atomic E-state index is -0.506. The van der Waals surface area contributed by atoms with Gasteiger partial charge in [-0.1, -0.05) is 35.9 Å². The Morgan fingerprint density at radius 2 is 1.88 bits per heavy atom. The van der Waals surface area contributed by atoms with Crippen molar-refractivity contribution < 1.29 is 19.1 Å². The van der Waals surface area contributed by atoms with Crippen molar-refractivity contribution in [1.29, 1.82) is 0 Å². The summed E-state index contributed by atoms with van der Waals surface area (Å²) in [5.74, 6) is -0.0617. The Hall–Kier alpha value is -3.05. The molecular formula is C26H26ClNO4. The van der Waals surface area contributed by atoms with Crippen LogP contribution in [0.25, 0.3) is 0 Å². The largest absolute Gasteiger partial charge is 0.497 e. The number of dihydropyridines is 1. The van der Waals surface area contributed by atoms with Crippen molar-refractivity contribution in [3.63, 3.8) is 0 Å². The molecular weight excluding hydrogens is 426 g/mol. The van der Waals surface area contributed by atoms with E-state index in [-0.39, 0.29) is 18.3 Å². The van der Waals surface area contributed by atoms with Crippen LogP contribution in [0.15, 0.2) is 71.1 Å². The number of esters is 1. The van der Waals surface area contributed by atoms with Crippen molar-refractivity contribution >= 4 is 23.4 Å². The summed E-state index contributed by atoms with van der Waals surface area (Å²) < 4.78 is 10.6. The zero-order valence-corrected chi connectivity index (χ0v) is 19.2. The van der Waals surface area contributed by atoms with Gasteiger partial charge in [0.15, 0.2) is 5.78 Å². The van der Waals surface area contributed by atoms with Gasteiger partial charge in [0.2, 0.25) is 0 Å². The van der Waals surface area contributed by atoms with Crippen LogP contribution in [-0.4, -0.2) is 25.5 Å². The molecule has 2 atom stereocenters. The maximum absolute atomic E-state index is 13.5. The highest BCUT2D eigenvalue weighted by Crippen LogP contribution is 2.46. The van der Waals surface area contributed by atoms with Crippen LogP contribution < -0.4 is 10.1 Å². The van der Waals surface area contributed by atoms with Crippen LogP contribution in [-0.2, 0) is 14.3 Å². The molecule has 1 heterocycles. The number of hydrogen-bond acceptors (Lipinski definition) is 5. The molecule has 0 radical (unpaired) electrons. The molecule has 0 fully saturated rings. The van der Waals surface area contributed by atoms with E-state index in [0.717, 1.165) is 22.6 Å². The predicted octanol–water partition coefficient (Wildman–Crippen LogP) is 5.27. The number of carbonyl (C=O) groups excluding carboxylic acids is 2. The summed E-state index contributed by atoms with van der Waals surface area (Å²) in [5, 5.41) is 3.91. The molecule has 4 rings (SSSR count). The van der Waals surface area contributed by atoms with Crippen LogP contribution in [0.4, 0.5) is 0 Å². The van der Waals surface area contributed by atoms with Crippen molar-refractivity contribution in [3.8, 4) is 5.75 Å². The number of nitrogens with one attached hydrogen (secondary N) is 1. The molecule has 2 aliphatic rings. The number of halogens is 1. The average molecular weight is 452 g/mol. The Balaban J connectivity index is 1.77. The van der Waals surface area contributed by atoms with E-state index in [1.165, 1.54) is 0 Å². The smallest absolute Gasteiger partial charge is 0.336 e. The number of rotatable bonds is 5. The Morgan fingerprint density at radius 1 is 1.12 bits per heavy atom. The third-order valence-corrected chi connectivity index (χ3v) is 6.33. The number of carbonyl (C=O) groups is 2. The fourth-order valence-electron chi connectivity index (χ4n) is 4.65. The highest BCUT2D eigenvalue weighted by molar-refractivity contribution is 6.30. The summed E-state index contributed by atoms with van der Waals surface area (Å²) in [6, 6.07) is 15.2. The van der Waals surface area contributed by atoms with Crippen molar-refractivity contribution in [1.82, 2.24) is 5.32 Å². The predicted molar refractivity (Wildman–Crippen MR) is 124 cm³/mol. The van der Waals surface area contributed by atoms with E-state index in [9.17, 15) is 9.59 Å². The summed E-state index contributed by atoms with van der Waals surface area (Å²) in [4.78, 5) is 26.4. The Labute approximate surface area is 193 Å². The van der Waals surface area contributed by atoms with E-state index < -0.39 is 11.9 Å². The van der Waals surface area contributed by atoms with Gasteiger partial charge in [0.1, 0.15) is 5.75 Å². The molecule has 32 heavy (non-hydrogen) atoms. The lowest BCUT2D eigenvalue weighted by Gasteiger charge is -2.36. The quantitative estimate of drug-likeness (QED) is 0.627. The molecule has 0 amide bonds. The number of allylic oxidation sites excluding steroid dienone is 3. The molecule has 1 N–H and O–H groups in total. The van der Waals surface area contributed by atoms with E-state index in [4.69, 9.17) is 21.1 Å². The Morgan fingerprint density at radius 3 is 2.53 bits per heavy atom. The molecule has 1 aliphatic heterocycles. The zero-order valence-electron chi connectivity index (χ0n) is 18.4.